The van der Waals surface area contributed by atoms with Crippen LogP contribution in [0.5, 0.6) is 5.88 Å². The molecule has 0 saturated carbocycles. The Balaban J connectivity index is 1.76. The Hall–Kier alpha value is -3.37. The van der Waals surface area contributed by atoms with E-state index in [1.165, 1.54) is 18.1 Å². The van der Waals surface area contributed by atoms with Crippen LogP contribution >= 0.6 is 23.5 Å². The summed E-state index contributed by atoms with van der Waals surface area (Å²) < 4.78 is 46.4. The summed E-state index contributed by atoms with van der Waals surface area (Å²) in [5, 5.41) is 4.05. The molecule has 2 heterocycles. The first-order valence-electron chi connectivity index (χ1n) is 10.3. The Morgan fingerprint density at radius 2 is 1.91 bits per heavy atom. The van der Waals surface area contributed by atoms with E-state index in [2.05, 4.69) is 10.3 Å². The fourth-order valence-electron chi connectivity index (χ4n) is 3.39. The van der Waals surface area contributed by atoms with Gasteiger partial charge in [0.25, 0.3) is 5.91 Å². The number of halogens is 4. The summed E-state index contributed by atoms with van der Waals surface area (Å²) in [6, 6.07) is 13.8. The molecule has 0 aliphatic carbocycles. The van der Waals surface area contributed by atoms with Crippen LogP contribution in [0.1, 0.15) is 15.9 Å². The molecule has 6 nitrogen and oxygen atoms in total. The maximum atomic E-state index is 13.2. The average Bonchev–Trinajstić information content (AvgIpc) is 3.17. The minimum absolute atomic E-state index is 0.210. The predicted molar refractivity (Wildman–Crippen MR) is 132 cm³/mol. The molecule has 35 heavy (non-hydrogen) atoms. The number of methoxy groups -OCH3 is 1. The molecular formula is C24H20ClF3N4O2S. The highest BCUT2D eigenvalue weighted by atomic mass is 35.5. The smallest absolute Gasteiger partial charge is 0.416 e. The monoisotopic (exact) mass is 520 g/mol. The molecule has 0 atom stereocenters. The van der Waals surface area contributed by atoms with Crippen molar-refractivity contribution in [3.8, 4) is 5.88 Å². The van der Waals surface area contributed by atoms with Crippen LogP contribution < -0.4 is 10.1 Å². The van der Waals surface area contributed by atoms with Crippen molar-refractivity contribution in [1.82, 2.24) is 13.9 Å². The standard InChI is InChI=1S/C24H20ClF3N4O2S/c1-31(2)23(33)18-13-32(35-16-6-4-5-14(11-16)24(26,27)28)20-12-15(7-8-17(18)20)29-19-9-10-21(34-3)30-22(19)25/h4-13,29H,1-3H3. The van der Waals surface area contributed by atoms with Gasteiger partial charge in [-0.15, -0.1) is 0 Å². The van der Waals surface area contributed by atoms with Gasteiger partial charge in [-0.2, -0.15) is 18.2 Å². The van der Waals surface area contributed by atoms with Crippen molar-refractivity contribution in [3.63, 3.8) is 0 Å². The van der Waals surface area contributed by atoms with Gasteiger partial charge >= 0.3 is 6.18 Å². The molecule has 2 aromatic carbocycles. The Morgan fingerprint density at radius 1 is 1.14 bits per heavy atom. The topological polar surface area (TPSA) is 59.4 Å². The number of nitrogens with zero attached hydrogens (tertiary/aromatic N) is 3. The zero-order valence-electron chi connectivity index (χ0n) is 18.9. The molecule has 2 aromatic heterocycles. The van der Waals surface area contributed by atoms with Crippen LogP contribution in [0.25, 0.3) is 10.9 Å². The van der Waals surface area contributed by atoms with E-state index in [-0.39, 0.29) is 11.1 Å². The zero-order valence-corrected chi connectivity index (χ0v) is 20.4. The second-order valence-electron chi connectivity index (χ2n) is 7.73. The van der Waals surface area contributed by atoms with Gasteiger partial charge in [-0.3, -0.25) is 8.77 Å². The third-order valence-electron chi connectivity index (χ3n) is 5.08. The molecule has 11 heteroatoms. The van der Waals surface area contributed by atoms with Crippen molar-refractivity contribution < 1.29 is 22.7 Å². The SMILES string of the molecule is COc1ccc(Nc2ccc3c(C(=O)N(C)C)cn(Sc4cccc(C(F)(F)F)c4)c3c2)c(Cl)n1. The van der Waals surface area contributed by atoms with Gasteiger partial charge in [-0.1, -0.05) is 17.7 Å². The number of aromatic nitrogens is 2. The molecule has 0 aliphatic rings. The predicted octanol–water partition coefficient (Wildman–Crippen LogP) is 6.72. The molecule has 0 radical (unpaired) electrons. The highest BCUT2D eigenvalue weighted by Crippen LogP contribution is 2.36. The summed E-state index contributed by atoms with van der Waals surface area (Å²) in [5.41, 5.74) is 1.52. The third kappa shape index (κ3) is 5.33. The molecule has 0 spiro atoms. The number of carbonyl (C=O) groups is 1. The molecule has 1 amide bonds. The van der Waals surface area contributed by atoms with Crippen LogP contribution in [0.4, 0.5) is 24.5 Å². The quantitative estimate of drug-likeness (QED) is 0.286. The van der Waals surface area contributed by atoms with Crippen molar-refractivity contribution in [3.05, 3.63) is 77.1 Å². The molecule has 4 rings (SSSR count). The number of nitrogens with one attached hydrogen (secondary N) is 1. The third-order valence-corrected chi connectivity index (χ3v) is 6.34. The molecule has 0 unspecified atom stereocenters. The molecule has 182 valence electrons. The highest BCUT2D eigenvalue weighted by Gasteiger charge is 2.30. The first-order chi connectivity index (χ1) is 16.6. The first-order valence-corrected chi connectivity index (χ1v) is 11.4. The lowest BCUT2D eigenvalue weighted by molar-refractivity contribution is -0.137. The summed E-state index contributed by atoms with van der Waals surface area (Å²) in [7, 11) is 4.77. The van der Waals surface area contributed by atoms with E-state index in [0.717, 1.165) is 24.1 Å². The van der Waals surface area contributed by atoms with Crippen LogP contribution in [0, 0.1) is 0 Å². The Labute approximate surface area is 208 Å². The van der Waals surface area contributed by atoms with E-state index in [1.54, 1.807) is 60.7 Å². The summed E-state index contributed by atoms with van der Waals surface area (Å²) in [4.78, 5) is 18.7. The second kappa shape index (κ2) is 9.71. The van der Waals surface area contributed by atoms with E-state index >= 15 is 0 Å². The van der Waals surface area contributed by atoms with Crippen molar-refractivity contribution in [2.45, 2.75) is 11.1 Å². The summed E-state index contributed by atoms with van der Waals surface area (Å²) in [6.45, 7) is 0. The first kappa shape index (κ1) is 24.7. The van der Waals surface area contributed by atoms with Crippen molar-refractivity contribution in [2.24, 2.45) is 0 Å². The van der Waals surface area contributed by atoms with Crippen LogP contribution in [-0.2, 0) is 6.18 Å². The fourth-order valence-corrected chi connectivity index (χ4v) is 4.53. The van der Waals surface area contributed by atoms with Crippen LogP contribution in [-0.4, -0.2) is 41.0 Å². The van der Waals surface area contributed by atoms with Crippen molar-refractivity contribution in [2.75, 3.05) is 26.5 Å². The fraction of sp³-hybridized carbons (Fsp3) is 0.167. The number of benzene rings is 2. The van der Waals surface area contributed by atoms with Crippen LogP contribution in [0.3, 0.4) is 0 Å². The van der Waals surface area contributed by atoms with Crippen molar-refractivity contribution >= 4 is 51.7 Å². The molecule has 0 saturated heterocycles. The average molecular weight is 521 g/mol. The second-order valence-corrected chi connectivity index (χ2v) is 9.14. The minimum Gasteiger partial charge on any atom is -0.481 e. The number of hydrogen-bond donors (Lipinski definition) is 1. The number of ether oxygens (including phenoxy) is 1. The van der Waals surface area contributed by atoms with E-state index in [0.29, 0.717) is 38.6 Å². The lowest BCUT2D eigenvalue weighted by Gasteiger charge is -2.11. The Kier molecular flexibility index (Phi) is 6.86. The molecule has 0 aliphatic heterocycles. The van der Waals surface area contributed by atoms with Crippen LogP contribution in [0.15, 0.2) is 65.7 Å². The minimum atomic E-state index is -4.45. The van der Waals surface area contributed by atoms with Gasteiger partial charge in [-0.25, -0.2) is 0 Å². The van der Waals surface area contributed by atoms with E-state index < -0.39 is 11.7 Å². The Bertz CT molecular complexity index is 1410. The number of fused-ring (bicyclic) bond motifs is 1. The Morgan fingerprint density at radius 3 is 2.57 bits per heavy atom. The molecule has 1 N–H and O–H groups in total. The van der Waals surface area contributed by atoms with Gasteiger partial charge in [0.15, 0.2) is 5.15 Å². The van der Waals surface area contributed by atoms with Gasteiger partial charge in [0.2, 0.25) is 5.88 Å². The normalized spacial score (nSPS) is 11.5. The van der Waals surface area contributed by atoms with Gasteiger partial charge < -0.3 is 15.0 Å². The molecule has 0 bridgehead atoms. The van der Waals surface area contributed by atoms with Crippen molar-refractivity contribution in [1.29, 1.82) is 0 Å². The number of hydrogen-bond acceptors (Lipinski definition) is 5. The summed E-state index contributed by atoms with van der Waals surface area (Å²) in [5.74, 6) is 0.149. The summed E-state index contributed by atoms with van der Waals surface area (Å²) >= 11 is 7.33. The zero-order chi connectivity index (χ0) is 25.3. The van der Waals surface area contributed by atoms with Crippen LogP contribution in [0.2, 0.25) is 5.15 Å². The molecule has 0 fully saturated rings. The highest BCUT2D eigenvalue weighted by molar-refractivity contribution is 7.98. The van der Waals surface area contributed by atoms with E-state index in [4.69, 9.17) is 16.3 Å². The van der Waals surface area contributed by atoms with Gasteiger partial charge in [0.1, 0.15) is 0 Å². The number of carbonyl (C=O) groups excluding carboxylic acids is 1. The number of anilines is 2. The lowest BCUT2D eigenvalue weighted by atomic mass is 10.1. The van der Waals surface area contributed by atoms with Gasteiger partial charge in [0, 0.05) is 42.3 Å². The maximum absolute atomic E-state index is 13.2. The molecule has 4 aromatic rings. The van der Waals surface area contributed by atoms with Gasteiger partial charge in [-0.05, 0) is 54.4 Å². The van der Waals surface area contributed by atoms with E-state index in [1.807, 2.05) is 0 Å². The number of alkyl halides is 3. The number of amides is 1. The number of rotatable bonds is 6. The molecular weight excluding hydrogens is 501 g/mol. The van der Waals surface area contributed by atoms with Gasteiger partial charge in [0.05, 0.1) is 29.4 Å². The lowest BCUT2D eigenvalue weighted by Crippen LogP contribution is -2.21. The summed E-state index contributed by atoms with van der Waals surface area (Å²) in [6.07, 6.45) is -2.83. The number of pyridine rings is 1. The van der Waals surface area contributed by atoms with E-state index in [9.17, 15) is 18.0 Å². The largest absolute Gasteiger partial charge is 0.481 e. The maximum Gasteiger partial charge on any atom is 0.416 e.